The van der Waals surface area contributed by atoms with E-state index >= 15 is 0 Å². The van der Waals surface area contributed by atoms with E-state index in [0.29, 0.717) is 24.0 Å². The molecule has 0 saturated heterocycles. The predicted octanol–water partition coefficient (Wildman–Crippen LogP) is 1.69. The Kier molecular flexibility index (Phi) is 22.6. The van der Waals surface area contributed by atoms with Crippen molar-refractivity contribution in [2.24, 2.45) is 4.99 Å². The number of esters is 2. The molecule has 0 heterocycles. The van der Waals surface area contributed by atoms with Crippen LogP contribution in [-0.4, -0.2) is 59.3 Å². The summed E-state index contributed by atoms with van der Waals surface area (Å²) in [5, 5.41) is 0. The molecule has 0 saturated carbocycles. The lowest BCUT2D eigenvalue weighted by Gasteiger charge is -2.02. The molecule has 140 valence electrons. The van der Waals surface area contributed by atoms with Crippen LogP contribution in [0.1, 0.15) is 26.7 Å². The first-order valence-electron chi connectivity index (χ1n) is 7.74. The molecule has 0 N–H and O–H groups in total. The molecule has 0 aromatic heterocycles. The average Bonchev–Trinajstić information content (AvgIpc) is 2.63. The van der Waals surface area contributed by atoms with Gasteiger partial charge in [-0.05, 0) is 26.6 Å². The van der Waals surface area contributed by atoms with E-state index < -0.39 is 11.9 Å². The van der Waals surface area contributed by atoms with E-state index in [1.165, 1.54) is 12.9 Å². The normalized spacial score (nSPS) is 8.27. The van der Waals surface area contributed by atoms with Crippen molar-refractivity contribution in [3.05, 3.63) is 24.3 Å². The van der Waals surface area contributed by atoms with Crippen molar-refractivity contribution in [1.29, 1.82) is 0 Å². The third kappa shape index (κ3) is 21.6. The van der Waals surface area contributed by atoms with E-state index in [0.717, 1.165) is 0 Å². The van der Waals surface area contributed by atoms with Crippen molar-refractivity contribution >= 4 is 39.5 Å². The summed E-state index contributed by atoms with van der Waals surface area (Å²) in [6.45, 7) is 11.9. The van der Waals surface area contributed by atoms with Gasteiger partial charge in [0.05, 0.1) is 28.8 Å². The highest BCUT2D eigenvalue weighted by atomic mass is 16.5. The van der Waals surface area contributed by atoms with Gasteiger partial charge < -0.3 is 14.3 Å². The molecule has 0 atom stereocenters. The molecule has 9 heteroatoms. The van der Waals surface area contributed by atoms with Gasteiger partial charge in [-0.2, -0.15) is 0 Å². The van der Waals surface area contributed by atoms with E-state index in [-0.39, 0.29) is 31.9 Å². The molecule has 0 rings (SSSR count). The highest BCUT2D eigenvalue weighted by Crippen LogP contribution is 1.97. The minimum atomic E-state index is -0.467. The number of carbonyl (C=O) groups excluding carboxylic acids is 4. The Balaban J connectivity index is -0.000000375. The molecule has 0 amide bonds. The number of hydrogen-bond donors (Lipinski definition) is 0. The SMILES string of the molecule is C=C(C)C(=O)OCCN=C=O.[B]C.[B]CC(=O)CCCOC(=O)C(=C)C. The van der Waals surface area contributed by atoms with E-state index in [2.05, 4.69) is 30.7 Å². The minimum Gasteiger partial charge on any atom is -0.462 e. The van der Waals surface area contributed by atoms with E-state index in [9.17, 15) is 19.2 Å². The lowest BCUT2D eigenvalue weighted by Crippen LogP contribution is -2.07. The Bertz CT molecular complexity index is 513. The number of ketones is 1. The maximum atomic E-state index is 10.8. The topological polar surface area (TPSA) is 99.1 Å². The molecule has 0 bridgehead atoms. The second-order valence-corrected chi connectivity index (χ2v) is 4.65. The predicted molar refractivity (Wildman–Crippen MR) is 101 cm³/mol. The van der Waals surface area contributed by atoms with Crippen LogP contribution in [0, 0.1) is 0 Å². The van der Waals surface area contributed by atoms with Gasteiger partial charge in [0.25, 0.3) is 0 Å². The second-order valence-electron chi connectivity index (χ2n) is 4.65. The number of nitrogens with zero attached hydrogens (tertiary/aromatic N) is 1. The monoisotopic (exact) mass is 361 g/mol. The summed E-state index contributed by atoms with van der Waals surface area (Å²) in [5.41, 5.74) is 0.699. The fraction of sp³-hybridized carbons (Fsp3) is 0.529. The van der Waals surface area contributed by atoms with Crippen LogP contribution >= 0.6 is 0 Å². The third-order valence-corrected chi connectivity index (χ3v) is 2.26. The molecule has 0 aromatic rings. The zero-order chi connectivity index (χ0) is 21.0. The van der Waals surface area contributed by atoms with Crippen LogP contribution in [0.15, 0.2) is 29.3 Å². The van der Waals surface area contributed by atoms with Crippen molar-refractivity contribution in [2.45, 2.75) is 39.8 Å². The first kappa shape index (κ1) is 28.4. The van der Waals surface area contributed by atoms with Gasteiger partial charge in [0.1, 0.15) is 12.4 Å². The van der Waals surface area contributed by atoms with Gasteiger partial charge in [0.2, 0.25) is 6.08 Å². The largest absolute Gasteiger partial charge is 0.462 e. The highest BCUT2D eigenvalue weighted by molar-refractivity contribution is 6.20. The maximum absolute atomic E-state index is 10.8. The molecule has 0 aliphatic rings. The zero-order valence-electron chi connectivity index (χ0n) is 15.7. The van der Waals surface area contributed by atoms with Gasteiger partial charge >= 0.3 is 11.9 Å². The molecular weight excluding hydrogens is 336 g/mol. The zero-order valence-corrected chi connectivity index (χ0v) is 15.7. The van der Waals surface area contributed by atoms with Crippen LogP contribution in [0.2, 0.25) is 13.1 Å². The molecule has 0 fully saturated rings. The summed E-state index contributed by atoms with van der Waals surface area (Å²) in [6, 6.07) is 0. The number of hydrogen-bond acceptors (Lipinski definition) is 7. The summed E-state index contributed by atoms with van der Waals surface area (Å²) >= 11 is 0. The Morgan fingerprint density at radius 1 is 1.00 bits per heavy atom. The fourth-order valence-corrected chi connectivity index (χ4v) is 1.01. The van der Waals surface area contributed by atoms with Crippen LogP contribution in [0.25, 0.3) is 0 Å². The molecule has 0 aliphatic carbocycles. The van der Waals surface area contributed by atoms with Crippen LogP contribution in [-0.2, 0) is 28.7 Å². The molecular formula is C17H25B2NO6. The summed E-state index contributed by atoms with van der Waals surface area (Å²) < 4.78 is 9.36. The van der Waals surface area contributed by atoms with Gasteiger partial charge in [-0.1, -0.05) is 20.0 Å². The van der Waals surface area contributed by atoms with E-state index in [4.69, 9.17) is 12.6 Å². The van der Waals surface area contributed by atoms with E-state index in [1.807, 2.05) is 0 Å². The number of Topliss-reactive ketones (excluding diaryl/α,β-unsaturated/α-hetero) is 1. The Labute approximate surface area is 157 Å². The first-order valence-corrected chi connectivity index (χ1v) is 7.74. The minimum absolute atomic E-state index is 0.0219. The average molecular weight is 361 g/mol. The molecule has 0 unspecified atom stereocenters. The number of isocyanates is 1. The molecule has 0 aliphatic heterocycles. The lowest BCUT2D eigenvalue weighted by atomic mass is 9.98. The van der Waals surface area contributed by atoms with Crippen LogP contribution < -0.4 is 0 Å². The van der Waals surface area contributed by atoms with Crippen LogP contribution in [0.5, 0.6) is 0 Å². The summed E-state index contributed by atoms with van der Waals surface area (Å²) in [4.78, 5) is 44.9. The fourth-order valence-electron chi connectivity index (χ4n) is 1.01. The second kappa shape index (κ2) is 20.6. The Morgan fingerprint density at radius 3 is 1.85 bits per heavy atom. The third-order valence-electron chi connectivity index (χ3n) is 2.26. The number of ether oxygens (including phenoxy) is 2. The molecule has 4 radical (unpaired) electrons. The Hall–Kier alpha value is -2.40. The standard InChI is InChI=1S/C9H13BO3.C7H9NO3.CH3B/c1-7(2)9(12)13-5-3-4-8(11)6-10;1-6(2)7(10)11-4-3-8-5-9;1-2/h1,3-6H2,2H3;1,3-4H2,2H3;1H3. The molecule has 26 heavy (non-hydrogen) atoms. The Morgan fingerprint density at radius 2 is 1.46 bits per heavy atom. The smallest absolute Gasteiger partial charge is 0.333 e. The van der Waals surface area contributed by atoms with Crippen molar-refractivity contribution in [2.75, 3.05) is 19.8 Å². The van der Waals surface area contributed by atoms with Crippen LogP contribution in [0.4, 0.5) is 0 Å². The van der Waals surface area contributed by atoms with Crippen molar-refractivity contribution in [1.82, 2.24) is 0 Å². The quantitative estimate of drug-likeness (QED) is 0.147. The molecule has 0 aromatic carbocycles. The van der Waals surface area contributed by atoms with Gasteiger partial charge in [0.15, 0.2) is 0 Å². The molecule has 0 spiro atoms. The summed E-state index contributed by atoms with van der Waals surface area (Å²) in [6.07, 6.45) is 2.27. The van der Waals surface area contributed by atoms with Crippen molar-refractivity contribution in [3.8, 4) is 0 Å². The first-order chi connectivity index (χ1) is 12.3. The highest BCUT2D eigenvalue weighted by Gasteiger charge is 2.03. The maximum Gasteiger partial charge on any atom is 0.333 e. The van der Waals surface area contributed by atoms with Gasteiger partial charge in [0, 0.05) is 17.6 Å². The van der Waals surface area contributed by atoms with Crippen LogP contribution in [0.3, 0.4) is 0 Å². The number of aliphatic imine (C=N–C) groups is 1. The number of rotatable bonds is 10. The number of carbonyl (C=O) groups is 3. The summed E-state index contributed by atoms with van der Waals surface area (Å²) in [5.74, 6) is -0.905. The molecule has 7 nitrogen and oxygen atoms in total. The van der Waals surface area contributed by atoms with Gasteiger partial charge in [-0.25, -0.2) is 19.4 Å². The van der Waals surface area contributed by atoms with Crippen molar-refractivity contribution in [3.63, 3.8) is 0 Å². The lowest BCUT2D eigenvalue weighted by molar-refractivity contribution is -0.139. The van der Waals surface area contributed by atoms with Crippen molar-refractivity contribution < 1.29 is 28.7 Å². The van der Waals surface area contributed by atoms with E-state index in [1.54, 1.807) is 13.8 Å². The van der Waals surface area contributed by atoms with Gasteiger partial charge in [-0.3, -0.25) is 0 Å². The summed E-state index contributed by atoms with van der Waals surface area (Å²) in [7, 11) is 9.59. The van der Waals surface area contributed by atoms with Gasteiger partial charge in [-0.15, -0.1) is 0 Å².